The molecule has 1 rings (SSSR count). The molecule has 1 amide bonds. The predicted molar refractivity (Wildman–Crippen MR) is 68.5 cm³/mol. The third kappa shape index (κ3) is 3.88. The van der Waals surface area contributed by atoms with Gasteiger partial charge in [-0.05, 0) is 20.3 Å². The van der Waals surface area contributed by atoms with Crippen molar-refractivity contribution in [3.63, 3.8) is 0 Å². The van der Waals surface area contributed by atoms with E-state index in [-0.39, 0.29) is 5.91 Å². The minimum atomic E-state index is -0.429. The summed E-state index contributed by atoms with van der Waals surface area (Å²) in [7, 11) is 0. The van der Waals surface area contributed by atoms with Crippen LogP contribution >= 0.6 is 0 Å². The maximum absolute atomic E-state index is 11.9. The van der Waals surface area contributed by atoms with Crippen LogP contribution in [0.4, 0.5) is 0 Å². The first-order valence-corrected chi connectivity index (χ1v) is 6.14. The summed E-state index contributed by atoms with van der Waals surface area (Å²) in [6, 6.07) is 0. The summed E-state index contributed by atoms with van der Waals surface area (Å²) in [5.41, 5.74) is 4.69. The maximum atomic E-state index is 11.9. The van der Waals surface area contributed by atoms with Gasteiger partial charge in [-0.25, -0.2) is 0 Å². The molecule has 1 atom stereocenters. The zero-order chi connectivity index (χ0) is 12.8. The molecule has 0 radical (unpaired) electrons. The third-order valence-corrected chi connectivity index (χ3v) is 2.74. The number of amides is 1. The van der Waals surface area contributed by atoms with E-state index in [1.165, 1.54) is 0 Å². The Morgan fingerprint density at radius 3 is 2.88 bits per heavy atom. The molecule has 0 fully saturated rings. The molecule has 1 heterocycles. The molecule has 0 saturated carbocycles. The number of aliphatic hydroxyl groups is 1. The lowest BCUT2D eigenvalue weighted by molar-refractivity contribution is -0.128. The van der Waals surface area contributed by atoms with Gasteiger partial charge in [-0.15, -0.1) is 5.73 Å². The van der Waals surface area contributed by atoms with Crippen LogP contribution in [0.1, 0.15) is 33.6 Å². The first kappa shape index (κ1) is 13.8. The number of carbonyl (C=O) groups excluding carboxylic acids is 1. The molecular formula is C14H21NO2. The highest BCUT2D eigenvalue weighted by Crippen LogP contribution is 2.13. The van der Waals surface area contributed by atoms with Crippen molar-refractivity contribution in [3.05, 3.63) is 29.0 Å². The van der Waals surface area contributed by atoms with Crippen LogP contribution in [0, 0.1) is 0 Å². The Balaban J connectivity index is 2.74. The van der Waals surface area contributed by atoms with Crippen molar-refractivity contribution < 1.29 is 9.90 Å². The molecule has 0 saturated heterocycles. The maximum Gasteiger partial charge on any atom is 0.257 e. The monoisotopic (exact) mass is 235 g/mol. The van der Waals surface area contributed by atoms with Gasteiger partial charge in [-0.1, -0.05) is 25.5 Å². The standard InChI is InChI=1S/C14H21NO2/c1-4-6-12-8-11(3)14(17)15(9-12)10-13(16)7-5-2/h4,6,13,16H,5,7,9-10H2,1-3H3/b6-4-/t13-/m1/s1. The fraction of sp³-hybridized carbons (Fsp3) is 0.571. The number of hydrogen-bond acceptors (Lipinski definition) is 2. The Hall–Kier alpha value is -1.31. The Morgan fingerprint density at radius 2 is 2.29 bits per heavy atom. The highest BCUT2D eigenvalue weighted by atomic mass is 16.3. The molecule has 0 aromatic heterocycles. The summed E-state index contributed by atoms with van der Waals surface area (Å²) in [6.45, 7) is 6.69. The van der Waals surface area contributed by atoms with Crippen LogP contribution < -0.4 is 0 Å². The molecule has 1 N–H and O–H groups in total. The molecule has 0 bridgehead atoms. The van der Waals surface area contributed by atoms with E-state index in [0.717, 1.165) is 18.4 Å². The van der Waals surface area contributed by atoms with E-state index in [1.807, 2.05) is 26.0 Å². The summed E-state index contributed by atoms with van der Waals surface area (Å²) in [5, 5.41) is 9.77. The van der Waals surface area contributed by atoms with E-state index >= 15 is 0 Å². The summed E-state index contributed by atoms with van der Waals surface area (Å²) in [6.07, 6.45) is 5.12. The number of hydrogen-bond donors (Lipinski definition) is 1. The van der Waals surface area contributed by atoms with E-state index in [2.05, 4.69) is 5.73 Å². The van der Waals surface area contributed by atoms with Gasteiger partial charge in [0.05, 0.1) is 18.2 Å². The molecule has 0 spiro atoms. The smallest absolute Gasteiger partial charge is 0.257 e. The van der Waals surface area contributed by atoms with Crippen LogP contribution in [0.25, 0.3) is 0 Å². The van der Waals surface area contributed by atoms with Crippen LogP contribution in [-0.4, -0.2) is 35.1 Å². The van der Waals surface area contributed by atoms with Crippen molar-refractivity contribution in [1.82, 2.24) is 4.90 Å². The van der Waals surface area contributed by atoms with Crippen LogP contribution in [-0.2, 0) is 4.79 Å². The topological polar surface area (TPSA) is 40.5 Å². The highest BCUT2D eigenvalue weighted by Gasteiger charge is 2.22. The first-order chi connectivity index (χ1) is 8.08. The van der Waals surface area contributed by atoms with E-state index < -0.39 is 6.10 Å². The Bertz CT molecular complexity index is 376. The summed E-state index contributed by atoms with van der Waals surface area (Å²) < 4.78 is 0. The van der Waals surface area contributed by atoms with Crippen molar-refractivity contribution >= 4 is 5.91 Å². The van der Waals surface area contributed by atoms with Gasteiger partial charge in [0, 0.05) is 12.1 Å². The van der Waals surface area contributed by atoms with Crippen molar-refractivity contribution in [2.75, 3.05) is 13.1 Å². The van der Waals surface area contributed by atoms with Crippen LogP contribution in [0.5, 0.6) is 0 Å². The highest BCUT2D eigenvalue weighted by molar-refractivity contribution is 5.94. The van der Waals surface area contributed by atoms with Gasteiger partial charge in [-0.2, -0.15) is 0 Å². The number of rotatable bonds is 5. The molecular weight excluding hydrogens is 214 g/mol. The third-order valence-electron chi connectivity index (χ3n) is 2.74. The van der Waals surface area contributed by atoms with Crippen molar-refractivity contribution in [2.45, 2.75) is 39.7 Å². The largest absolute Gasteiger partial charge is 0.391 e. The predicted octanol–water partition coefficient (Wildman–Crippen LogP) is 2.04. The number of allylic oxidation sites excluding steroid dienone is 1. The molecule has 0 aromatic rings. The average Bonchev–Trinajstić information content (AvgIpc) is 2.26. The lowest BCUT2D eigenvalue weighted by Gasteiger charge is -2.27. The number of carbonyl (C=O) groups is 1. The Kier molecular flexibility index (Phi) is 5.20. The van der Waals surface area contributed by atoms with Crippen LogP contribution in [0.3, 0.4) is 0 Å². The average molecular weight is 235 g/mol. The lowest BCUT2D eigenvalue weighted by Crippen LogP contribution is -2.40. The van der Waals surface area contributed by atoms with Crippen LogP contribution in [0.15, 0.2) is 29.0 Å². The summed E-state index contributed by atoms with van der Waals surface area (Å²) in [4.78, 5) is 13.6. The Morgan fingerprint density at radius 1 is 1.59 bits per heavy atom. The summed E-state index contributed by atoms with van der Waals surface area (Å²) in [5.74, 6) is -0.0200. The van der Waals surface area contributed by atoms with Gasteiger partial charge in [0.25, 0.3) is 5.91 Å². The van der Waals surface area contributed by atoms with Gasteiger partial charge in [0.1, 0.15) is 0 Å². The Labute approximate surface area is 103 Å². The zero-order valence-corrected chi connectivity index (χ0v) is 10.9. The van der Waals surface area contributed by atoms with Gasteiger partial charge in [-0.3, -0.25) is 4.79 Å². The molecule has 0 unspecified atom stereocenters. The lowest BCUT2D eigenvalue weighted by atomic mass is 10.1. The van der Waals surface area contributed by atoms with Crippen molar-refractivity contribution in [3.8, 4) is 0 Å². The second-order valence-electron chi connectivity index (χ2n) is 4.40. The fourth-order valence-corrected chi connectivity index (χ4v) is 1.97. The zero-order valence-electron chi connectivity index (χ0n) is 10.9. The molecule has 94 valence electrons. The first-order valence-electron chi connectivity index (χ1n) is 6.14. The number of nitrogens with zero attached hydrogens (tertiary/aromatic N) is 1. The van der Waals surface area contributed by atoms with Gasteiger partial charge >= 0.3 is 0 Å². The molecule has 1 aliphatic rings. The van der Waals surface area contributed by atoms with E-state index in [0.29, 0.717) is 18.7 Å². The second kappa shape index (κ2) is 6.43. The van der Waals surface area contributed by atoms with Gasteiger partial charge in [0.15, 0.2) is 0 Å². The molecule has 0 aliphatic carbocycles. The second-order valence-corrected chi connectivity index (χ2v) is 4.40. The number of aliphatic hydroxyl groups excluding tert-OH is 1. The van der Waals surface area contributed by atoms with Crippen molar-refractivity contribution in [1.29, 1.82) is 0 Å². The van der Waals surface area contributed by atoms with E-state index in [4.69, 9.17) is 0 Å². The van der Waals surface area contributed by atoms with Crippen LogP contribution in [0.2, 0.25) is 0 Å². The normalized spacial score (nSPS) is 18.4. The summed E-state index contributed by atoms with van der Waals surface area (Å²) >= 11 is 0. The number of β-amino-alcohol motifs (C(OH)–C–C–N with tert-alkyl or cyclic N) is 1. The van der Waals surface area contributed by atoms with Gasteiger partial charge in [0.2, 0.25) is 0 Å². The van der Waals surface area contributed by atoms with Gasteiger partial charge < -0.3 is 10.0 Å². The molecule has 0 aromatic carbocycles. The molecule has 17 heavy (non-hydrogen) atoms. The fourth-order valence-electron chi connectivity index (χ4n) is 1.97. The minimum absolute atomic E-state index is 0.0200. The molecule has 3 nitrogen and oxygen atoms in total. The van der Waals surface area contributed by atoms with E-state index in [1.54, 1.807) is 11.8 Å². The molecule has 3 heteroatoms. The molecule has 1 aliphatic heterocycles. The van der Waals surface area contributed by atoms with E-state index in [9.17, 15) is 9.90 Å². The minimum Gasteiger partial charge on any atom is -0.391 e. The SMILES string of the molecule is C/C=C\C1=C=C(C)C(=O)N(C[C@H](O)CCC)C1. The van der Waals surface area contributed by atoms with Crippen molar-refractivity contribution in [2.24, 2.45) is 0 Å². The quantitative estimate of drug-likeness (QED) is 0.741.